The molecule has 0 radical (unpaired) electrons. The van der Waals surface area contributed by atoms with E-state index in [-0.39, 0.29) is 17.5 Å². The highest BCUT2D eigenvalue weighted by molar-refractivity contribution is 7.98. The van der Waals surface area contributed by atoms with Gasteiger partial charge in [0.25, 0.3) is 11.5 Å². The summed E-state index contributed by atoms with van der Waals surface area (Å²) in [6, 6.07) is 18.5. The molecular weight excluding hydrogens is 474 g/mol. The summed E-state index contributed by atoms with van der Waals surface area (Å²) in [6.45, 7) is 5.85. The molecule has 4 aromatic rings. The van der Waals surface area contributed by atoms with Gasteiger partial charge in [-0.25, -0.2) is 4.98 Å². The molecule has 8 heteroatoms. The third-order valence-electron chi connectivity index (χ3n) is 5.60. The number of benzene rings is 3. The molecule has 0 aliphatic carbocycles. The molecule has 0 unspecified atom stereocenters. The number of nitrogens with zero attached hydrogens (tertiary/aromatic N) is 2. The largest absolute Gasteiger partial charge is 0.497 e. The Bertz CT molecular complexity index is 1440. The Balaban J connectivity index is 1.87. The maximum absolute atomic E-state index is 13.8. The third-order valence-corrected chi connectivity index (χ3v) is 6.61. The van der Waals surface area contributed by atoms with Gasteiger partial charge in [-0.15, -0.1) is 0 Å². The molecule has 0 aliphatic rings. The average molecular weight is 504 g/mol. The number of rotatable bonds is 8. The average Bonchev–Trinajstić information content (AvgIpc) is 2.87. The Morgan fingerprint density at radius 3 is 2.28 bits per heavy atom. The molecule has 186 valence electrons. The van der Waals surface area contributed by atoms with E-state index in [1.165, 1.54) is 17.3 Å². The van der Waals surface area contributed by atoms with E-state index < -0.39 is 0 Å². The van der Waals surface area contributed by atoms with Gasteiger partial charge in [0.05, 0.1) is 30.8 Å². The normalized spacial score (nSPS) is 11.1. The molecule has 1 heterocycles. The first kappa shape index (κ1) is 25.3. The summed E-state index contributed by atoms with van der Waals surface area (Å²) < 4.78 is 12.4. The molecule has 0 spiro atoms. The molecule has 0 aliphatic heterocycles. The van der Waals surface area contributed by atoms with Crippen LogP contribution in [-0.2, 0) is 5.75 Å². The molecule has 0 saturated carbocycles. The maximum atomic E-state index is 13.8. The van der Waals surface area contributed by atoms with Crippen molar-refractivity contribution in [3.8, 4) is 17.2 Å². The SMILES string of the molecule is COc1cc(OC)cc(-n2c(SCc3ccc(C)cc3)nc3cc(C(=O)NC(C)C)ccc3c2=O)c1. The molecule has 0 atom stereocenters. The van der Waals surface area contributed by atoms with Crippen molar-refractivity contribution in [2.24, 2.45) is 0 Å². The zero-order valence-electron chi connectivity index (χ0n) is 21.0. The quantitative estimate of drug-likeness (QED) is 0.265. The van der Waals surface area contributed by atoms with Gasteiger partial charge in [-0.2, -0.15) is 0 Å². The molecule has 0 fully saturated rings. The molecule has 1 amide bonds. The van der Waals surface area contributed by atoms with Gasteiger partial charge in [-0.05, 0) is 44.5 Å². The summed E-state index contributed by atoms with van der Waals surface area (Å²) in [5.74, 6) is 1.54. The van der Waals surface area contributed by atoms with Gasteiger partial charge in [-0.3, -0.25) is 14.2 Å². The minimum absolute atomic E-state index is 0.00201. The Morgan fingerprint density at radius 1 is 1.00 bits per heavy atom. The monoisotopic (exact) mass is 503 g/mol. The van der Waals surface area contributed by atoms with Crippen molar-refractivity contribution in [2.75, 3.05) is 14.2 Å². The molecule has 1 aromatic heterocycles. The zero-order chi connectivity index (χ0) is 25.8. The number of carbonyl (C=O) groups excluding carboxylic acids is 1. The fourth-order valence-corrected chi connectivity index (χ4v) is 4.70. The minimum atomic E-state index is -0.238. The number of thioether (sulfide) groups is 1. The summed E-state index contributed by atoms with van der Waals surface area (Å²) in [6.07, 6.45) is 0. The van der Waals surface area contributed by atoms with Crippen LogP contribution < -0.4 is 20.3 Å². The van der Waals surface area contributed by atoms with Crippen LogP contribution in [0.1, 0.15) is 35.3 Å². The first-order valence-electron chi connectivity index (χ1n) is 11.6. The fourth-order valence-electron chi connectivity index (χ4n) is 3.73. The number of aromatic nitrogens is 2. The summed E-state index contributed by atoms with van der Waals surface area (Å²) in [5.41, 5.74) is 3.56. The Labute approximate surface area is 214 Å². The molecule has 0 saturated heterocycles. The predicted molar refractivity (Wildman–Crippen MR) is 144 cm³/mol. The smallest absolute Gasteiger partial charge is 0.266 e. The van der Waals surface area contributed by atoms with Gasteiger partial charge in [0.15, 0.2) is 5.16 Å². The number of methoxy groups -OCH3 is 2. The highest BCUT2D eigenvalue weighted by Gasteiger charge is 2.17. The van der Waals surface area contributed by atoms with Crippen LogP contribution in [0.15, 0.2) is 70.6 Å². The number of aryl methyl sites for hydroxylation is 1. The van der Waals surface area contributed by atoms with Gasteiger partial charge < -0.3 is 14.8 Å². The first-order valence-corrected chi connectivity index (χ1v) is 12.6. The second-order valence-corrected chi connectivity index (χ2v) is 9.68. The van der Waals surface area contributed by atoms with Crippen LogP contribution in [-0.4, -0.2) is 35.7 Å². The number of hydrogen-bond donors (Lipinski definition) is 1. The molecule has 4 rings (SSSR count). The summed E-state index contributed by atoms with van der Waals surface area (Å²) in [5, 5.41) is 3.80. The van der Waals surface area contributed by atoms with Gasteiger partial charge in [-0.1, -0.05) is 41.6 Å². The highest BCUT2D eigenvalue weighted by Crippen LogP contribution is 2.29. The van der Waals surface area contributed by atoms with Crippen molar-refractivity contribution in [1.82, 2.24) is 14.9 Å². The van der Waals surface area contributed by atoms with E-state index in [2.05, 4.69) is 29.6 Å². The molecule has 3 aromatic carbocycles. The molecule has 1 N–H and O–H groups in total. The lowest BCUT2D eigenvalue weighted by Gasteiger charge is -2.16. The van der Waals surface area contributed by atoms with E-state index in [9.17, 15) is 9.59 Å². The number of nitrogens with one attached hydrogen (secondary N) is 1. The number of hydrogen-bond acceptors (Lipinski definition) is 6. The van der Waals surface area contributed by atoms with Crippen LogP contribution in [0, 0.1) is 6.92 Å². The van der Waals surface area contributed by atoms with Crippen molar-refractivity contribution in [1.29, 1.82) is 0 Å². The van der Waals surface area contributed by atoms with Crippen molar-refractivity contribution < 1.29 is 14.3 Å². The maximum Gasteiger partial charge on any atom is 0.266 e. The standard InChI is InChI=1S/C28H29N3O4S/c1-17(2)29-26(32)20-10-11-24-25(12-20)30-28(36-16-19-8-6-18(3)7-9-19)31(27(24)33)21-13-22(34-4)15-23(14-21)35-5/h6-15,17H,16H2,1-5H3,(H,29,32). The van der Waals surface area contributed by atoms with E-state index in [1.807, 2.05) is 20.8 Å². The summed E-state index contributed by atoms with van der Waals surface area (Å²) >= 11 is 1.45. The van der Waals surface area contributed by atoms with Crippen LogP contribution in [0.5, 0.6) is 11.5 Å². The summed E-state index contributed by atoms with van der Waals surface area (Å²) in [7, 11) is 3.13. The second kappa shape index (κ2) is 10.9. The Morgan fingerprint density at radius 2 is 1.67 bits per heavy atom. The zero-order valence-corrected chi connectivity index (χ0v) is 21.8. The first-order chi connectivity index (χ1) is 17.3. The van der Waals surface area contributed by atoms with Crippen LogP contribution in [0.25, 0.3) is 16.6 Å². The van der Waals surface area contributed by atoms with E-state index in [1.54, 1.807) is 55.2 Å². The van der Waals surface area contributed by atoms with Crippen LogP contribution in [0.2, 0.25) is 0 Å². The van der Waals surface area contributed by atoms with E-state index in [4.69, 9.17) is 14.5 Å². The number of carbonyl (C=O) groups is 1. The van der Waals surface area contributed by atoms with Crippen LogP contribution in [0.3, 0.4) is 0 Å². The highest BCUT2D eigenvalue weighted by atomic mass is 32.2. The van der Waals surface area contributed by atoms with Gasteiger partial charge >= 0.3 is 0 Å². The predicted octanol–water partition coefficient (Wildman–Crippen LogP) is 5.14. The number of fused-ring (bicyclic) bond motifs is 1. The van der Waals surface area contributed by atoms with E-state index >= 15 is 0 Å². The van der Waals surface area contributed by atoms with E-state index in [0.29, 0.717) is 44.6 Å². The van der Waals surface area contributed by atoms with Crippen LogP contribution >= 0.6 is 11.8 Å². The molecule has 36 heavy (non-hydrogen) atoms. The third kappa shape index (κ3) is 5.54. The second-order valence-electron chi connectivity index (χ2n) is 8.74. The van der Waals surface area contributed by atoms with Crippen molar-refractivity contribution in [2.45, 2.75) is 37.7 Å². The molecule has 7 nitrogen and oxygen atoms in total. The molecular formula is C28H29N3O4S. The lowest BCUT2D eigenvalue weighted by Crippen LogP contribution is -2.30. The topological polar surface area (TPSA) is 82.4 Å². The minimum Gasteiger partial charge on any atom is -0.497 e. The van der Waals surface area contributed by atoms with E-state index in [0.717, 1.165) is 5.56 Å². The lowest BCUT2D eigenvalue weighted by molar-refractivity contribution is 0.0943. The fraction of sp³-hybridized carbons (Fsp3) is 0.250. The van der Waals surface area contributed by atoms with Crippen molar-refractivity contribution in [3.63, 3.8) is 0 Å². The number of amides is 1. The van der Waals surface area contributed by atoms with Gasteiger partial charge in [0.1, 0.15) is 11.5 Å². The number of ether oxygens (including phenoxy) is 2. The van der Waals surface area contributed by atoms with Gasteiger partial charge in [0.2, 0.25) is 0 Å². The lowest BCUT2D eigenvalue weighted by atomic mass is 10.1. The summed E-state index contributed by atoms with van der Waals surface area (Å²) in [4.78, 5) is 31.2. The van der Waals surface area contributed by atoms with Crippen LogP contribution in [0.4, 0.5) is 0 Å². The Hall–Kier alpha value is -3.78. The van der Waals surface area contributed by atoms with Gasteiger partial charge in [0, 0.05) is 35.6 Å². The van der Waals surface area contributed by atoms with Crippen molar-refractivity contribution in [3.05, 3.63) is 87.7 Å². The molecule has 0 bridgehead atoms. The van der Waals surface area contributed by atoms with Crippen molar-refractivity contribution >= 4 is 28.6 Å². The Kier molecular flexibility index (Phi) is 7.64.